The molecule has 0 spiro atoms. The summed E-state index contributed by atoms with van der Waals surface area (Å²) in [6.45, 7) is 5.20. The first-order valence-electron chi connectivity index (χ1n) is 13.0. The number of esters is 1. The quantitative estimate of drug-likeness (QED) is 0.286. The fourth-order valence-electron chi connectivity index (χ4n) is 4.56. The lowest BCUT2D eigenvalue weighted by atomic mass is 9.98. The van der Waals surface area contributed by atoms with E-state index in [9.17, 15) is 19.8 Å². The summed E-state index contributed by atoms with van der Waals surface area (Å²) in [5.41, 5.74) is 1.48. The largest absolute Gasteiger partial charge is 0.507 e. The Balaban J connectivity index is 1.95. The minimum atomic E-state index is -0.723. The van der Waals surface area contributed by atoms with Crippen molar-refractivity contribution in [3.63, 3.8) is 0 Å². The third-order valence-electron chi connectivity index (χ3n) is 6.53. The number of fused-ring (bicyclic) bond motifs is 1. The van der Waals surface area contributed by atoms with Crippen molar-refractivity contribution in [1.82, 2.24) is 4.90 Å². The van der Waals surface area contributed by atoms with E-state index in [1.807, 2.05) is 26.0 Å². The molecule has 1 fully saturated rings. The van der Waals surface area contributed by atoms with Gasteiger partial charge in [0.2, 0.25) is 0 Å². The standard InChI is InChI=1S/C28H37ClN2O6/c1-3-10-21-12-7-4-6-11-19(2)15-20(30-36-18-25(34)31-13-8-5-9-14-31)16-22-26(28(35)37-21)23(32)17-24(33)27(22)29/h4,7,15,17,21,32-33H,3,5-6,8-14,16,18H2,1-2H3/b7-4+,19-15+,30-20-. The molecule has 1 aromatic rings. The van der Waals surface area contributed by atoms with Gasteiger partial charge in [0.1, 0.15) is 23.2 Å². The van der Waals surface area contributed by atoms with E-state index in [2.05, 4.69) is 11.2 Å². The first-order chi connectivity index (χ1) is 17.8. The molecule has 0 aromatic heterocycles. The molecule has 1 aromatic carbocycles. The third kappa shape index (κ3) is 8.25. The highest BCUT2D eigenvalue weighted by Gasteiger charge is 2.26. The van der Waals surface area contributed by atoms with Gasteiger partial charge in [0.25, 0.3) is 5.91 Å². The van der Waals surface area contributed by atoms with Gasteiger partial charge < -0.3 is 24.7 Å². The van der Waals surface area contributed by atoms with E-state index in [1.54, 1.807) is 4.90 Å². The molecule has 2 aliphatic heterocycles. The lowest BCUT2D eigenvalue weighted by Crippen LogP contribution is -2.37. The maximum atomic E-state index is 13.2. The van der Waals surface area contributed by atoms with Crippen molar-refractivity contribution >= 4 is 29.2 Å². The third-order valence-corrected chi connectivity index (χ3v) is 6.95. The average Bonchev–Trinajstić information content (AvgIpc) is 2.86. The Morgan fingerprint density at radius 1 is 1.22 bits per heavy atom. The number of phenols is 2. The van der Waals surface area contributed by atoms with Crippen LogP contribution >= 0.6 is 11.6 Å². The molecular formula is C28H37ClN2O6. The number of benzene rings is 1. The van der Waals surface area contributed by atoms with Gasteiger partial charge in [-0.25, -0.2) is 4.79 Å². The predicted octanol–water partition coefficient (Wildman–Crippen LogP) is 5.69. The minimum Gasteiger partial charge on any atom is -0.507 e. The molecule has 2 aliphatic rings. The van der Waals surface area contributed by atoms with Gasteiger partial charge in [-0.05, 0) is 57.1 Å². The number of carbonyl (C=O) groups excluding carboxylic acids is 2. The van der Waals surface area contributed by atoms with Crippen LogP contribution < -0.4 is 0 Å². The molecule has 2 N–H and O–H groups in total. The number of piperidine rings is 1. The van der Waals surface area contributed by atoms with Crippen molar-refractivity contribution in [2.24, 2.45) is 5.16 Å². The van der Waals surface area contributed by atoms with Crippen LogP contribution in [0.5, 0.6) is 11.5 Å². The molecule has 1 amide bonds. The van der Waals surface area contributed by atoms with Crippen molar-refractivity contribution in [1.29, 1.82) is 0 Å². The van der Waals surface area contributed by atoms with E-state index < -0.39 is 11.7 Å². The lowest BCUT2D eigenvalue weighted by Gasteiger charge is -2.26. The summed E-state index contributed by atoms with van der Waals surface area (Å²) < 4.78 is 5.75. The van der Waals surface area contributed by atoms with E-state index in [0.717, 1.165) is 50.2 Å². The SMILES string of the molecule is CCCC1C/C=C/CC/C(C)=C/C(=N/OCC(=O)N2CCCCC2)Cc2c(Cl)c(O)cc(O)c2C(=O)O1. The zero-order chi connectivity index (χ0) is 26.8. The van der Waals surface area contributed by atoms with E-state index in [0.29, 0.717) is 31.6 Å². The normalized spacial score (nSPS) is 22.8. The highest BCUT2D eigenvalue weighted by molar-refractivity contribution is 6.33. The molecule has 9 heteroatoms. The molecular weight excluding hydrogens is 496 g/mol. The number of cyclic esters (lactones) is 1. The Bertz CT molecular complexity index is 1060. The number of likely N-dealkylation sites (tertiary alicyclic amines) is 1. The van der Waals surface area contributed by atoms with E-state index in [1.165, 1.54) is 0 Å². The Morgan fingerprint density at radius 2 is 1.97 bits per heavy atom. The number of nitrogens with zero attached hydrogens (tertiary/aromatic N) is 2. The smallest absolute Gasteiger partial charge is 0.342 e. The zero-order valence-electron chi connectivity index (χ0n) is 21.7. The van der Waals surface area contributed by atoms with Crippen LogP contribution in [-0.4, -0.2) is 58.5 Å². The van der Waals surface area contributed by atoms with Gasteiger partial charge in [-0.2, -0.15) is 0 Å². The molecule has 1 atom stereocenters. The van der Waals surface area contributed by atoms with Crippen LogP contribution in [0.25, 0.3) is 0 Å². The van der Waals surface area contributed by atoms with E-state index >= 15 is 0 Å². The summed E-state index contributed by atoms with van der Waals surface area (Å²) >= 11 is 6.43. The predicted molar refractivity (Wildman–Crippen MR) is 143 cm³/mol. The molecule has 0 saturated carbocycles. The molecule has 8 nitrogen and oxygen atoms in total. The molecule has 0 radical (unpaired) electrons. The number of rotatable bonds is 5. The average molecular weight is 533 g/mol. The molecule has 0 bridgehead atoms. The number of amides is 1. The monoisotopic (exact) mass is 532 g/mol. The second kappa shape index (κ2) is 14.1. The number of oxime groups is 1. The lowest BCUT2D eigenvalue weighted by molar-refractivity contribution is -0.137. The molecule has 37 heavy (non-hydrogen) atoms. The minimum absolute atomic E-state index is 0.0191. The van der Waals surface area contributed by atoms with Crippen LogP contribution in [-0.2, 0) is 20.8 Å². The number of phenolic OH excluding ortho intramolecular Hbond substituents is 2. The molecule has 2 heterocycles. The number of hydrogen-bond donors (Lipinski definition) is 2. The van der Waals surface area contributed by atoms with Crippen LogP contribution in [0.4, 0.5) is 0 Å². The highest BCUT2D eigenvalue weighted by atomic mass is 35.5. The topological polar surface area (TPSA) is 109 Å². The second-order valence-corrected chi connectivity index (χ2v) is 9.99. The van der Waals surface area contributed by atoms with Gasteiger partial charge in [-0.15, -0.1) is 0 Å². The van der Waals surface area contributed by atoms with Gasteiger partial charge in [-0.1, -0.05) is 47.8 Å². The number of hydrogen-bond acceptors (Lipinski definition) is 7. The Morgan fingerprint density at radius 3 is 2.70 bits per heavy atom. The Hall–Kier alpha value is -3.00. The molecule has 202 valence electrons. The maximum Gasteiger partial charge on any atom is 0.342 e. The molecule has 1 unspecified atom stereocenters. The summed E-state index contributed by atoms with van der Waals surface area (Å²) in [5, 5.41) is 25.0. The number of allylic oxidation sites excluding steroid dienone is 3. The number of halogens is 1. The fourth-order valence-corrected chi connectivity index (χ4v) is 4.78. The summed E-state index contributed by atoms with van der Waals surface area (Å²) in [4.78, 5) is 32.9. The van der Waals surface area contributed by atoms with Crippen LogP contribution in [0.3, 0.4) is 0 Å². The fraction of sp³-hybridized carbons (Fsp3) is 0.536. The van der Waals surface area contributed by atoms with Crippen molar-refractivity contribution in [2.45, 2.75) is 77.7 Å². The van der Waals surface area contributed by atoms with Crippen LogP contribution in [0, 0.1) is 0 Å². The summed E-state index contributed by atoms with van der Waals surface area (Å²) in [6, 6.07) is 1.03. The van der Waals surface area contributed by atoms with Gasteiger partial charge in [0.15, 0.2) is 6.61 Å². The highest BCUT2D eigenvalue weighted by Crippen LogP contribution is 2.37. The van der Waals surface area contributed by atoms with Gasteiger partial charge >= 0.3 is 5.97 Å². The Kier molecular flexibility index (Phi) is 10.9. The summed E-state index contributed by atoms with van der Waals surface area (Å²) in [7, 11) is 0. The Labute approximate surface area is 223 Å². The van der Waals surface area contributed by atoms with Crippen molar-refractivity contribution in [3.8, 4) is 11.5 Å². The van der Waals surface area contributed by atoms with Crippen molar-refractivity contribution in [2.75, 3.05) is 19.7 Å². The van der Waals surface area contributed by atoms with Crippen molar-refractivity contribution in [3.05, 3.63) is 46.0 Å². The van der Waals surface area contributed by atoms with Gasteiger partial charge in [-0.3, -0.25) is 4.79 Å². The van der Waals surface area contributed by atoms with Gasteiger partial charge in [0, 0.05) is 32.0 Å². The number of aromatic hydroxyl groups is 2. The number of carbonyl (C=O) groups is 2. The molecule has 1 saturated heterocycles. The van der Waals surface area contributed by atoms with E-state index in [4.69, 9.17) is 21.2 Å². The number of ether oxygens (including phenoxy) is 1. The first kappa shape index (κ1) is 28.6. The maximum absolute atomic E-state index is 13.2. The summed E-state index contributed by atoms with van der Waals surface area (Å²) in [5.74, 6) is -1.64. The van der Waals surface area contributed by atoms with Crippen LogP contribution in [0.15, 0.2) is 35.0 Å². The molecule has 3 rings (SSSR count). The molecule has 0 aliphatic carbocycles. The van der Waals surface area contributed by atoms with Crippen molar-refractivity contribution < 1.29 is 29.4 Å². The van der Waals surface area contributed by atoms with E-state index in [-0.39, 0.29) is 46.9 Å². The van der Waals surface area contributed by atoms with Crippen LogP contribution in [0.1, 0.15) is 81.1 Å². The second-order valence-electron chi connectivity index (χ2n) is 9.61. The van der Waals surface area contributed by atoms with Gasteiger partial charge in [0.05, 0.1) is 10.7 Å². The van der Waals surface area contributed by atoms with Crippen LogP contribution in [0.2, 0.25) is 5.02 Å². The first-order valence-corrected chi connectivity index (χ1v) is 13.4. The summed E-state index contributed by atoms with van der Waals surface area (Å²) in [6.07, 6.45) is 12.2. The zero-order valence-corrected chi connectivity index (χ0v) is 22.4.